The van der Waals surface area contributed by atoms with Crippen LogP contribution in [0.15, 0.2) is 18.2 Å². The molecule has 1 aromatic carbocycles. The van der Waals surface area contributed by atoms with Crippen molar-refractivity contribution in [3.63, 3.8) is 0 Å². The zero-order valence-electron chi connectivity index (χ0n) is 12.3. The van der Waals surface area contributed by atoms with Crippen molar-refractivity contribution in [3.05, 3.63) is 29.0 Å². The Morgan fingerprint density at radius 3 is 3.00 bits per heavy atom. The van der Waals surface area contributed by atoms with E-state index in [1.165, 1.54) is 25.0 Å². The molecule has 1 unspecified atom stereocenters. The zero-order valence-corrected chi connectivity index (χ0v) is 13.9. The van der Waals surface area contributed by atoms with Gasteiger partial charge in [0.2, 0.25) is 0 Å². The second-order valence-electron chi connectivity index (χ2n) is 5.29. The van der Waals surface area contributed by atoms with Crippen molar-refractivity contribution in [1.82, 2.24) is 10.2 Å². The lowest BCUT2D eigenvalue weighted by molar-refractivity contribution is 0.146. The summed E-state index contributed by atoms with van der Waals surface area (Å²) in [4.78, 5) is 2.42. The van der Waals surface area contributed by atoms with Gasteiger partial charge in [-0.05, 0) is 57.1 Å². The van der Waals surface area contributed by atoms with Crippen LogP contribution in [0.1, 0.15) is 12.8 Å². The molecule has 1 aliphatic rings. The van der Waals surface area contributed by atoms with E-state index in [0.29, 0.717) is 17.4 Å². The number of nitrogens with zero attached hydrogens (tertiary/aromatic N) is 1. The first-order valence-electron chi connectivity index (χ1n) is 7.14. The molecule has 6 heteroatoms. The van der Waals surface area contributed by atoms with Gasteiger partial charge >= 0.3 is 0 Å². The summed E-state index contributed by atoms with van der Waals surface area (Å²) in [6.07, 6.45) is 2.53. The van der Waals surface area contributed by atoms with Gasteiger partial charge in [0.05, 0.1) is 5.02 Å². The molecule has 0 amide bonds. The first-order valence-corrected chi connectivity index (χ1v) is 7.51. The molecule has 2 rings (SSSR count). The van der Waals surface area contributed by atoms with Crippen LogP contribution in [0.5, 0.6) is 5.75 Å². The lowest BCUT2D eigenvalue weighted by Crippen LogP contribution is -2.40. The maximum atomic E-state index is 12.9. The van der Waals surface area contributed by atoms with E-state index in [9.17, 15) is 4.39 Å². The number of piperidine rings is 1. The maximum Gasteiger partial charge on any atom is 0.138 e. The molecule has 0 bridgehead atoms. The topological polar surface area (TPSA) is 24.5 Å². The Morgan fingerprint density at radius 2 is 2.29 bits per heavy atom. The zero-order chi connectivity index (χ0) is 14.4. The molecule has 0 saturated carbocycles. The molecule has 120 valence electrons. The summed E-state index contributed by atoms with van der Waals surface area (Å²) < 4.78 is 18.6. The van der Waals surface area contributed by atoms with Gasteiger partial charge in [0.1, 0.15) is 18.2 Å². The van der Waals surface area contributed by atoms with Gasteiger partial charge in [-0.25, -0.2) is 4.39 Å². The highest BCUT2D eigenvalue weighted by Gasteiger charge is 2.18. The molecule has 1 heterocycles. The van der Waals surface area contributed by atoms with Crippen LogP contribution in [-0.2, 0) is 0 Å². The van der Waals surface area contributed by atoms with Crippen LogP contribution in [0.2, 0.25) is 5.02 Å². The van der Waals surface area contributed by atoms with Crippen LogP contribution < -0.4 is 10.1 Å². The molecule has 0 radical (unpaired) electrons. The molecule has 1 fully saturated rings. The summed E-state index contributed by atoms with van der Waals surface area (Å²) in [6.45, 7) is 4.77. The lowest BCUT2D eigenvalue weighted by atomic mass is 9.98. The van der Waals surface area contributed by atoms with Crippen molar-refractivity contribution in [2.24, 2.45) is 5.92 Å². The monoisotopic (exact) mass is 336 g/mol. The van der Waals surface area contributed by atoms with Crippen molar-refractivity contribution >= 4 is 24.0 Å². The van der Waals surface area contributed by atoms with Crippen molar-refractivity contribution in [2.45, 2.75) is 12.8 Å². The molecule has 1 N–H and O–H groups in total. The molecule has 1 aliphatic heterocycles. The van der Waals surface area contributed by atoms with Gasteiger partial charge in [-0.3, -0.25) is 4.90 Å². The van der Waals surface area contributed by atoms with E-state index in [2.05, 4.69) is 10.2 Å². The molecule has 0 aliphatic carbocycles. The molecular weight excluding hydrogens is 314 g/mol. The molecule has 1 saturated heterocycles. The van der Waals surface area contributed by atoms with E-state index in [1.54, 1.807) is 6.07 Å². The number of rotatable bonds is 6. The molecule has 3 nitrogen and oxygen atoms in total. The van der Waals surface area contributed by atoms with Gasteiger partial charge < -0.3 is 10.1 Å². The Morgan fingerprint density at radius 1 is 1.48 bits per heavy atom. The average Bonchev–Trinajstić information content (AvgIpc) is 2.42. The minimum absolute atomic E-state index is 0. The van der Waals surface area contributed by atoms with E-state index in [1.807, 2.05) is 7.05 Å². The lowest BCUT2D eigenvalue weighted by Gasteiger charge is -2.32. The Balaban J connectivity index is 0.00000220. The summed E-state index contributed by atoms with van der Waals surface area (Å²) in [5.74, 6) is 0.938. The smallest absolute Gasteiger partial charge is 0.138 e. The average molecular weight is 337 g/mol. The van der Waals surface area contributed by atoms with Gasteiger partial charge in [-0.15, -0.1) is 12.4 Å². The Hall–Kier alpha value is -0.550. The molecule has 0 spiro atoms. The third-order valence-electron chi connectivity index (χ3n) is 3.65. The Labute approximate surface area is 137 Å². The number of hydrogen-bond acceptors (Lipinski definition) is 3. The van der Waals surface area contributed by atoms with Gasteiger partial charge in [0.25, 0.3) is 0 Å². The fourth-order valence-electron chi connectivity index (χ4n) is 2.69. The Bertz CT molecular complexity index is 432. The third-order valence-corrected chi connectivity index (χ3v) is 3.95. The van der Waals surface area contributed by atoms with Crippen LogP contribution in [0.25, 0.3) is 0 Å². The van der Waals surface area contributed by atoms with E-state index >= 15 is 0 Å². The highest BCUT2D eigenvalue weighted by atomic mass is 35.5. The molecule has 1 aromatic rings. The number of benzene rings is 1. The largest absolute Gasteiger partial charge is 0.491 e. The van der Waals surface area contributed by atoms with Crippen molar-refractivity contribution in [2.75, 3.05) is 39.8 Å². The fraction of sp³-hybridized carbons (Fsp3) is 0.600. The quantitative estimate of drug-likeness (QED) is 0.863. The van der Waals surface area contributed by atoms with Gasteiger partial charge in [0, 0.05) is 13.1 Å². The SMILES string of the molecule is CNCC1CCCN(CCOc2ccc(F)cc2Cl)C1.Cl. The maximum absolute atomic E-state index is 12.9. The van der Waals surface area contributed by atoms with Crippen LogP contribution >= 0.6 is 24.0 Å². The second kappa shape index (κ2) is 9.46. The van der Waals surface area contributed by atoms with Crippen molar-refractivity contribution < 1.29 is 9.13 Å². The first kappa shape index (κ1) is 18.5. The summed E-state index contributed by atoms with van der Waals surface area (Å²) in [6, 6.07) is 4.23. The summed E-state index contributed by atoms with van der Waals surface area (Å²) >= 11 is 5.93. The predicted molar refractivity (Wildman–Crippen MR) is 87.2 cm³/mol. The van der Waals surface area contributed by atoms with Crippen molar-refractivity contribution in [3.8, 4) is 5.75 Å². The normalized spacial score (nSPS) is 19.1. The van der Waals surface area contributed by atoms with E-state index in [0.717, 1.165) is 32.1 Å². The Kier molecular flexibility index (Phi) is 8.34. The molecule has 0 aromatic heterocycles. The van der Waals surface area contributed by atoms with E-state index < -0.39 is 0 Å². The standard InChI is InChI=1S/C15H22ClFN2O.ClH/c1-18-10-12-3-2-6-19(11-12)7-8-20-15-5-4-13(17)9-14(15)16;/h4-5,9,12,18H,2-3,6-8,10-11H2,1H3;1H. The van der Waals surface area contributed by atoms with Crippen molar-refractivity contribution in [1.29, 1.82) is 0 Å². The minimum Gasteiger partial charge on any atom is -0.491 e. The van der Waals surface area contributed by atoms with Gasteiger partial charge in [-0.2, -0.15) is 0 Å². The van der Waals surface area contributed by atoms with Gasteiger partial charge in [0.15, 0.2) is 0 Å². The molecule has 1 atom stereocenters. The summed E-state index contributed by atoms with van der Waals surface area (Å²) in [5.41, 5.74) is 0. The second-order valence-corrected chi connectivity index (χ2v) is 5.70. The molecule has 21 heavy (non-hydrogen) atoms. The van der Waals surface area contributed by atoms with Crippen LogP contribution in [0.3, 0.4) is 0 Å². The van der Waals surface area contributed by atoms with Gasteiger partial charge in [-0.1, -0.05) is 11.6 Å². The summed E-state index contributed by atoms with van der Waals surface area (Å²) in [5, 5.41) is 3.57. The third kappa shape index (κ3) is 5.99. The number of likely N-dealkylation sites (tertiary alicyclic amines) is 1. The highest BCUT2D eigenvalue weighted by Crippen LogP contribution is 2.25. The van der Waals surface area contributed by atoms with Crippen LogP contribution in [0, 0.1) is 11.7 Å². The fourth-order valence-corrected chi connectivity index (χ4v) is 2.91. The predicted octanol–water partition coefficient (Wildman–Crippen LogP) is 3.21. The number of ether oxygens (including phenoxy) is 1. The number of nitrogens with one attached hydrogen (secondary N) is 1. The number of hydrogen-bond donors (Lipinski definition) is 1. The number of halogens is 3. The first-order chi connectivity index (χ1) is 9.69. The van der Waals surface area contributed by atoms with E-state index in [-0.39, 0.29) is 18.2 Å². The van der Waals surface area contributed by atoms with Crippen LogP contribution in [0.4, 0.5) is 4.39 Å². The summed E-state index contributed by atoms with van der Waals surface area (Å²) in [7, 11) is 2.00. The molecular formula is C15H23Cl2FN2O. The minimum atomic E-state index is -0.340. The van der Waals surface area contributed by atoms with E-state index in [4.69, 9.17) is 16.3 Å². The highest BCUT2D eigenvalue weighted by molar-refractivity contribution is 6.32. The van der Waals surface area contributed by atoms with Crippen LogP contribution in [-0.4, -0.2) is 44.7 Å².